The Labute approximate surface area is 109 Å². The number of nitrogens with zero attached hydrogens (tertiary/aromatic N) is 2. The van der Waals surface area contributed by atoms with Crippen LogP contribution in [0.3, 0.4) is 0 Å². The molecule has 1 atom stereocenters. The SMILES string of the molecule is CCc1nn(CCS(C)(=O)=O)c(CC)c1C(C)O. The molecule has 1 aromatic heterocycles. The molecule has 0 spiro atoms. The molecule has 5 nitrogen and oxygen atoms in total. The third-order valence-electron chi connectivity index (χ3n) is 2.94. The lowest BCUT2D eigenvalue weighted by molar-refractivity contribution is 0.197. The predicted octanol–water partition coefficient (Wildman–Crippen LogP) is 1.11. The standard InChI is InChI=1S/C12H22N2O3S/c1-5-10-12(9(3)15)11(6-2)14(13-10)7-8-18(4,16)17/h9,15H,5-8H2,1-4H3. The van der Waals surface area contributed by atoms with Gasteiger partial charge in [-0.2, -0.15) is 5.10 Å². The topological polar surface area (TPSA) is 72.2 Å². The summed E-state index contributed by atoms with van der Waals surface area (Å²) in [4.78, 5) is 0. The zero-order valence-electron chi connectivity index (χ0n) is 11.5. The van der Waals surface area contributed by atoms with Gasteiger partial charge in [0.2, 0.25) is 0 Å². The molecule has 0 aliphatic rings. The van der Waals surface area contributed by atoms with E-state index in [0.717, 1.165) is 29.8 Å². The van der Waals surface area contributed by atoms with Crippen LogP contribution in [0.25, 0.3) is 0 Å². The summed E-state index contributed by atoms with van der Waals surface area (Å²) in [7, 11) is -3.00. The van der Waals surface area contributed by atoms with Crippen molar-refractivity contribution in [2.24, 2.45) is 0 Å². The first-order valence-electron chi connectivity index (χ1n) is 6.24. The minimum atomic E-state index is -3.00. The Hall–Kier alpha value is -0.880. The summed E-state index contributed by atoms with van der Waals surface area (Å²) in [5.74, 6) is 0.0735. The minimum Gasteiger partial charge on any atom is -0.389 e. The number of hydrogen-bond acceptors (Lipinski definition) is 4. The molecule has 1 unspecified atom stereocenters. The largest absolute Gasteiger partial charge is 0.389 e. The van der Waals surface area contributed by atoms with Crippen molar-refractivity contribution >= 4 is 9.84 Å². The summed E-state index contributed by atoms with van der Waals surface area (Å²) in [6.07, 6.45) is 2.12. The second kappa shape index (κ2) is 5.84. The molecular weight excluding hydrogens is 252 g/mol. The normalized spacial score (nSPS) is 13.8. The van der Waals surface area contributed by atoms with E-state index in [1.807, 2.05) is 13.8 Å². The van der Waals surface area contributed by atoms with Gasteiger partial charge in [0, 0.05) is 17.5 Å². The highest BCUT2D eigenvalue weighted by atomic mass is 32.2. The Balaban J connectivity index is 3.12. The third-order valence-corrected chi connectivity index (χ3v) is 3.86. The van der Waals surface area contributed by atoms with Crippen LogP contribution in [0.5, 0.6) is 0 Å². The summed E-state index contributed by atoms with van der Waals surface area (Å²) < 4.78 is 24.1. The van der Waals surface area contributed by atoms with Gasteiger partial charge < -0.3 is 5.11 Å². The molecular formula is C12H22N2O3S. The van der Waals surface area contributed by atoms with E-state index < -0.39 is 15.9 Å². The molecule has 0 saturated carbocycles. The highest BCUT2D eigenvalue weighted by Gasteiger charge is 2.19. The zero-order chi connectivity index (χ0) is 13.9. The van der Waals surface area contributed by atoms with E-state index in [0.29, 0.717) is 6.54 Å². The highest BCUT2D eigenvalue weighted by molar-refractivity contribution is 7.90. The molecule has 0 aromatic carbocycles. The molecule has 0 fully saturated rings. The average Bonchev–Trinajstić information content (AvgIpc) is 2.63. The van der Waals surface area contributed by atoms with Crippen LogP contribution < -0.4 is 0 Å². The first kappa shape index (κ1) is 15.2. The Morgan fingerprint density at radius 1 is 1.33 bits per heavy atom. The van der Waals surface area contributed by atoms with Crippen LogP contribution in [0, 0.1) is 0 Å². The second-order valence-corrected chi connectivity index (χ2v) is 6.80. The van der Waals surface area contributed by atoms with Crippen LogP contribution in [0.2, 0.25) is 0 Å². The first-order valence-corrected chi connectivity index (χ1v) is 8.30. The van der Waals surface area contributed by atoms with Gasteiger partial charge in [-0.25, -0.2) is 8.42 Å². The fourth-order valence-corrected chi connectivity index (χ4v) is 2.62. The molecule has 104 valence electrons. The maximum absolute atomic E-state index is 11.2. The number of aliphatic hydroxyl groups excluding tert-OH is 1. The molecule has 0 saturated heterocycles. The van der Waals surface area contributed by atoms with Gasteiger partial charge in [-0.3, -0.25) is 4.68 Å². The van der Waals surface area contributed by atoms with Gasteiger partial charge in [-0.05, 0) is 19.8 Å². The fourth-order valence-electron chi connectivity index (χ4n) is 2.12. The van der Waals surface area contributed by atoms with Crippen LogP contribution in [0.15, 0.2) is 0 Å². The molecule has 1 rings (SSSR count). The van der Waals surface area contributed by atoms with Crippen molar-refractivity contribution in [2.45, 2.75) is 46.3 Å². The predicted molar refractivity (Wildman–Crippen MR) is 71.3 cm³/mol. The minimum absolute atomic E-state index is 0.0735. The van der Waals surface area contributed by atoms with E-state index >= 15 is 0 Å². The summed E-state index contributed by atoms with van der Waals surface area (Å²) in [5.41, 5.74) is 2.65. The summed E-state index contributed by atoms with van der Waals surface area (Å²) in [6, 6.07) is 0. The Bertz CT molecular complexity index is 504. The van der Waals surface area contributed by atoms with Crippen LogP contribution in [-0.4, -0.2) is 35.3 Å². The number of sulfone groups is 1. The fraction of sp³-hybridized carbons (Fsp3) is 0.750. The summed E-state index contributed by atoms with van der Waals surface area (Å²) >= 11 is 0. The van der Waals surface area contributed by atoms with Crippen molar-refractivity contribution < 1.29 is 13.5 Å². The van der Waals surface area contributed by atoms with Crippen molar-refractivity contribution in [3.05, 3.63) is 17.0 Å². The van der Waals surface area contributed by atoms with Crippen molar-refractivity contribution in [3.8, 4) is 0 Å². The molecule has 0 aliphatic carbocycles. The number of aromatic nitrogens is 2. The number of aryl methyl sites for hydroxylation is 2. The van der Waals surface area contributed by atoms with E-state index in [4.69, 9.17) is 0 Å². The molecule has 1 heterocycles. The maximum atomic E-state index is 11.2. The van der Waals surface area contributed by atoms with Gasteiger partial charge in [-0.15, -0.1) is 0 Å². The van der Waals surface area contributed by atoms with Gasteiger partial charge in [0.25, 0.3) is 0 Å². The smallest absolute Gasteiger partial charge is 0.149 e. The monoisotopic (exact) mass is 274 g/mol. The summed E-state index contributed by atoms with van der Waals surface area (Å²) in [6.45, 7) is 6.03. The first-order chi connectivity index (χ1) is 8.30. The molecule has 1 N–H and O–H groups in total. The van der Waals surface area contributed by atoms with Gasteiger partial charge in [0.1, 0.15) is 9.84 Å². The number of rotatable bonds is 6. The van der Waals surface area contributed by atoms with E-state index in [1.165, 1.54) is 6.26 Å². The van der Waals surface area contributed by atoms with Gasteiger partial charge in [0.05, 0.1) is 24.1 Å². The van der Waals surface area contributed by atoms with Gasteiger partial charge in [-0.1, -0.05) is 13.8 Å². The van der Waals surface area contributed by atoms with Gasteiger partial charge in [0.15, 0.2) is 0 Å². The second-order valence-electron chi connectivity index (χ2n) is 4.54. The lowest BCUT2D eigenvalue weighted by Crippen LogP contribution is -2.14. The summed E-state index contributed by atoms with van der Waals surface area (Å²) in [5, 5.41) is 14.2. The van der Waals surface area contributed by atoms with E-state index in [9.17, 15) is 13.5 Å². The lowest BCUT2D eigenvalue weighted by atomic mass is 10.0. The van der Waals surface area contributed by atoms with E-state index in [-0.39, 0.29) is 5.75 Å². The van der Waals surface area contributed by atoms with Gasteiger partial charge >= 0.3 is 0 Å². The molecule has 18 heavy (non-hydrogen) atoms. The van der Waals surface area contributed by atoms with Crippen molar-refractivity contribution in [1.82, 2.24) is 9.78 Å². The van der Waals surface area contributed by atoms with Crippen molar-refractivity contribution in [1.29, 1.82) is 0 Å². The van der Waals surface area contributed by atoms with E-state index in [1.54, 1.807) is 11.6 Å². The van der Waals surface area contributed by atoms with E-state index in [2.05, 4.69) is 5.10 Å². The Kier molecular flexibility index (Phi) is 4.92. The van der Waals surface area contributed by atoms with Crippen molar-refractivity contribution in [2.75, 3.05) is 12.0 Å². The molecule has 1 aromatic rings. The third kappa shape index (κ3) is 3.55. The highest BCUT2D eigenvalue weighted by Crippen LogP contribution is 2.23. The number of aliphatic hydroxyl groups is 1. The lowest BCUT2D eigenvalue weighted by Gasteiger charge is -2.09. The molecule has 0 amide bonds. The van der Waals surface area contributed by atoms with Crippen molar-refractivity contribution in [3.63, 3.8) is 0 Å². The molecule has 6 heteroatoms. The van der Waals surface area contributed by atoms with Crippen LogP contribution in [0.1, 0.15) is 43.8 Å². The van der Waals surface area contributed by atoms with Crippen LogP contribution in [-0.2, 0) is 29.2 Å². The average molecular weight is 274 g/mol. The zero-order valence-corrected chi connectivity index (χ0v) is 12.3. The van der Waals surface area contributed by atoms with Crippen LogP contribution >= 0.6 is 0 Å². The Morgan fingerprint density at radius 2 is 1.94 bits per heavy atom. The maximum Gasteiger partial charge on any atom is 0.149 e. The molecule has 0 radical (unpaired) electrons. The number of hydrogen-bond donors (Lipinski definition) is 1. The van der Waals surface area contributed by atoms with Crippen LogP contribution in [0.4, 0.5) is 0 Å². The quantitative estimate of drug-likeness (QED) is 0.843. The molecule has 0 aliphatic heterocycles. The Morgan fingerprint density at radius 3 is 2.33 bits per heavy atom. The molecule has 0 bridgehead atoms.